The Morgan fingerprint density at radius 2 is 1.72 bits per heavy atom. The lowest BCUT2D eigenvalue weighted by atomic mass is 10.1. The number of aliphatic hydroxyl groups excluding tert-OH is 1. The molecule has 0 bridgehead atoms. The average molecular weight is 407 g/mol. The average Bonchev–Trinajstić information content (AvgIpc) is 3.37. The van der Waals surface area contributed by atoms with Gasteiger partial charge in [0.05, 0.1) is 22.5 Å². The molecule has 4 rings (SSSR count). The smallest absolute Gasteiger partial charge is 0.268 e. The summed E-state index contributed by atoms with van der Waals surface area (Å²) < 4.78 is 5.86. The van der Waals surface area contributed by atoms with E-state index in [1.54, 1.807) is 22.4 Å². The largest absolute Gasteiger partial charge is 0.414 e. The van der Waals surface area contributed by atoms with Crippen LogP contribution in [0, 0.1) is 13.8 Å². The van der Waals surface area contributed by atoms with Crippen molar-refractivity contribution >= 4 is 11.3 Å². The molecule has 148 valence electrons. The molecular weight excluding hydrogens is 386 g/mol. The lowest BCUT2D eigenvalue weighted by Crippen LogP contribution is -2.18. The van der Waals surface area contributed by atoms with E-state index in [1.165, 1.54) is 4.88 Å². The van der Waals surface area contributed by atoms with Gasteiger partial charge in [-0.25, -0.2) is 4.98 Å². The lowest BCUT2D eigenvalue weighted by Gasteiger charge is -2.18. The predicted octanol–water partition coefficient (Wildman–Crippen LogP) is 4.09. The minimum atomic E-state index is -0.651. The van der Waals surface area contributed by atoms with E-state index >= 15 is 0 Å². The monoisotopic (exact) mass is 407 g/mol. The number of aromatic nitrogens is 4. The third kappa shape index (κ3) is 3.95. The fraction of sp³-hybridized carbons (Fsp3) is 0.238. The van der Waals surface area contributed by atoms with Crippen molar-refractivity contribution in [3.8, 4) is 33.6 Å². The Labute approximate surface area is 172 Å². The molecule has 1 unspecified atom stereocenters. The lowest BCUT2D eigenvalue weighted by molar-refractivity contribution is 0.0395. The maximum absolute atomic E-state index is 10.2. The summed E-state index contributed by atoms with van der Waals surface area (Å²) in [6, 6.07) is 11.6. The predicted molar refractivity (Wildman–Crippen MR) is 112 cm³/mol. The zero-order chi connectivity index (χ0) is 20.5. The zero-order valence-electron chi connectivity index (χ0n) is 16.6. The minimum Gasteiger partial charge on any atom is -0.414 e. The molecule has 0 fully saturated rings. The van der Waals surface area contributed by atoms with E-state index in [9.17, 15) is 5.11 Å². The fourth-order valence-electron chi connectivity index (χ4n) is 2.88. The molecule has 0 spiro atoms. The van der Waals surface area contributed by atoms with Crippen LogP contribution in [-0.2, 0) is 0 Å². The maximum atomic E-state index is 10.2. The van der Waals surface area contributed by atoms with E-state index in [-0.39, 0.29) is 0 Å². The standard InChI is InChI=1S/C21H21N5O2S/c1-12-5-10-17(29-12)19-24-25-20(28-19)18-13(2)22-11-16(23-18)14-6-8-15(9-7-14)21(27)26(3)4/h5-11,21,27H,1-4H3. The highest BCUT2D eigenvalue weighted by Crippen LogP contribution is 2.30. The quantitative estimate of drug-likeness (QED) is 0.498. The first-order chi connectivity index (χ1) is 13.9. The number of thiophene rings is 1. The molecule has 0 radical (unpaired) electrons. The Balaban J connectivity index is 1.66. The van der Waals surface area contributed by atoms with Crippen molar-refractivity contribution in [2.24, 2.45) is 0 Å². The Bertz CT molecular complexity index is 1130. The Morgan fingerprint density at radius 1 is 1.00 bits per heavy atom. The van der Waals surface area contributed by atoms with E-state index in [4.69, 9.17) is 9.40 Å². The van der Waals surface area contributed by atoms with Gasteiger partial charge in [-0.1, -0.05) is 24.3 Å². The van der Waals surface area contributed by atoms with Gasteiger partial charge in [-0.2, -0.15) is 0 Å². The third-order valence-corrected chi connectivity index (χ3v) is 5.52. The van der Waals surface area contributed by atoms with Crippen molar-refractivity contribution in [2.45, 2.75) is 20.1 Å². The van der Waals surface area contributed by atoms with Gasteiger partial charge >= 0.3 is 0 Å². The van der Waals surface area contributed by atoms with E-state index < -0.39 is 6.23 Å². The molecule has 3 aromatic heterocycles. The minimum absolute atomic E-state index is 0.345. The van der Waals surface area contributed by atoms with Crippen LogP contribution in [-0.4, -0.2) is 44.3 Å². The van der Waals surface area contributed by atoms with E-state index in [0.717, 1.165) is 16.0 Å². The molecule has 0 aliphatic heterocycles. The molecule has 29 heavy (non-hydrogen) atoms. The van der Waals surface area contributed by atoms with Crippen LogP contribution in [0.5, 0.6) is 0 Å². The molecule has 1 aromatic carbocycles. The molecule has 7 nitrogen and oxygen atoms in total. The highest BCUT2D eigenvalue weighted by molar-refractivity contribution is 7.15. The molecule has 0 aliphatic rings. The number of nitrogens with zero attached hydrogens (tertiary/aromatic N) is 5. The molecule has 0 saturated heterocycles. The van der Waals surface area contributed by atoms with Crippen LogP contribution in [0.4, 0.5) is 0 Å². The zero-order valence-corrected chi connectivity index (χ0v) is 17.4. The van der Waals surface area contributed by atoms with E-state index in [0.29, 0.717) is 28.9 Å². The summed E-state index contributed by atoms with van der Waals surface area (Å²) in [6.07, 6.45) is 1.07. The summed E-state index contributed by atoms with van der Waals surface area (Å²) >= 11 is 1.60. The molecule has 3 heterocycles. The Morgan fingerprint density at radius 3 is 2.38 bits per heavy atom. The molecule has 1 N–H and O–H groups in total. The first kappa shape index (κ1) is 19.4. The van der Waals surface area contributed by atoms with Crippen molar-refractivity contribution in [1.29, 1.82) is 0 Å². The van der Waals surface area contributed by atoms with Crippen molar-refractivity contribution in [1.82, 2.24) is 25.1 Å². The summed E-state index contributed by atoms with van der Waals surface area (Å²) in [4.78, 5) is 13.0. The fourth-order valence-corrected chi connectivity index (χ4v) is 3.67. The van der Waals surface area contributed by atoms with Crippen LogP contribution in [0.15, 0.2) is 47.0 Å². The van der Waals surface area contributed by atoms with Crippen LogP contribution in [0.3, 0.4) is 0 Å². The number of benzene rings is 1. The number of rotatable bonds is 5. The van der Waals surface area contributed by atoms with Crippen molar-refractivity contribution in [3.05, 3.63) is 58.7 Å². The van der Waals surface area contributed by atoms with Gasteiger partial charge in [0.25, 0.3) is 11.8 Å². The summed E-state index contributed by atoms with van der Waals surface area (Å²) in [5.41, 5.74) is 3.68. The van der Waals surface area contributed by atoms with Crippen molar-refractivity contribution in [2.75, 3.05) is 14.1 Å². The van der Waals surface area contributed by atoms with Gasteiger partial charge in [0.1, 0.15) is 11.9 Å². The second kappa shape index (κ2) is 7.82. The molecular formula is C21H21N5O2S. The first-order valence-corrected chi connectivity index (χ1v) is 9.93. The molecule has 0 aliphatic carbocycles. The molecule has 1 atom stereocenters. The van der Waals surface area contributed by atoms with Gasteiger partial charge in [-0.15, -0.1) is 21.5 Å². The van der Waals surface area contributed by atoms with Crippen molar-refractivity contribution in [3.63, 3.8) is 0 Å². The van der Waals surface area contributed by atoms with Gasteiger partial charge < -0.3 is 9.52 Å². The maximum Gasteiger partial charge on any atom is 0.268 e. The number of hydrogen-bond donors (Lipinski definition) is 1. The SMILES string of the molecule is Cc1ccc(-c2nnc(-c3nc(-c4ccc(C(O)N(C)C)cc4)cnc3C)o2)s1. The van der Waals surface area contributed by atoms with Gasteiger partial charge in [-0.05, 0) is 45.6 Å². The number of hydrogen-bond acceptors (Lipinski definition) is 8. The normalized spacial score (nSPS) is 12.5. The number of aliphatic hydroxyl groups is 1. The van der Waals surface area contributed by atoms with E-state index in [1.807, 2.05) is 64.3 Å². The van der Waals surface area contributed by atoms with Gasteiger partial charge in [0.2, 0.25) is 0 Å². The number of aryl methyl sites for hydroxylation is 2. The van der Waals surface area contributed by atoms with Crippen LogP contribution in [0.2, 0.25) is 0 Å². The van der Waals surface area contributed by atoms with Crippen LogP contribution in [0.1, 0.15) is 22.4 Å². The topological polar surface area (TPSA) is 88.2 Å². The highest BCUT2D eigenvalue weighted by atomic mass is 32.1. The summed E-state index contributed by atoms with van der Waals surface area (Å²) in [7, 11) is 3.65. The highest BCUT2D eigenvalue weighted by Gasteiger charge is 2.17. The van der Waals surface area contributed by atoms with Gasteiger partial charge in [-0.3, -0.25) is 9.88 Å². The molecule has 4 aromatic rings. The van der Waals surface area contributed by atoms with E-state index in [2.05, 4.69) is 15.2 Å². The molecule has 0 amide bonds. The summed E-state index contributed by atoms with van der Waals surface area (Å²) in [5, 5.41) is 18.5. The molecule has 8 heteroatoms. The Kier molecular flexibility index (Phi) is 5.23. The Hall–Kier alpha value is -2.94. The second-order valence-corrected chi connectivity index (χ2v) is 8.26. The summed E-state index contributed by atoms with van der Waals surface area (Å²) in [5.74, 6) is 0.823. The summed E-state index contributed by atoms with van der Waals surface area (Å²) in [6.45, 7) is 3.90. The van der Waals surface area contributed by atoms with Crippen molar-refractivity contribution < 1.29 is 9.52 Å². The third-order valence-electron chi connectivity index (χ3n) is 4.53. The van der Waals surface area contributed by atoms with Gasteiger partial charge in [0, 0.05) is 10.4 Å². The second-order valence-electron chi connectivity index (χ2n) is 6.97. The van der Waals surface area contributed by atoms with Gasteiger partial charge in [0.15, 0.2) is 0 Å². The molecule has 0 saturated carbocycles. The van der Waals surface area contributed by atoms with Crippen LogP contribution < -0.4 is 0 Å². The van der Waals surface area contributed by atoms with Crippen LogP contribution >= 0.6 is 11.3 Å². The van der Waals surface area contributed by atoms with Crippen LogP contribution in [0.25, 0.3) is 33.6 Å². The first-order valence-electron chi connectivity index (χ1n) is 9.11.